The van der Waals surface area contributed by atoms with Crippen LogP contribution in [0.25, 0.3) is 0 Å². The molecule has 0 spiro atoms. The number of hydrogen-bond acceptors (Lipinski definition) is 3. The summed E-state index contributed by atoms with van der Waals surface area (Å²) >= 11 is 0. The minimum absolute atomic E-state index is 0. The van der Waals surface area contributed by atoms with Crippen molar-refractivity contribution in [3.63, 3.8) is 0 Å². The van der Waals surface area contributed by atoms with Gasteiger partial charge in [0.15, 0.2) is 0 Å². The van der Waals surface area contributed by atoms with E-state index >= 15 is 0 Å². The summed E-state index contributed by atoms with van der Waals surface area (Å²) in [6.45, 7) is 0.524. The van der Waals surface area contributed by atoms with Crippen LogP contribution in [0.5, 0.6) is 0 Å². The first-order chi connectivity index (χ1) is 11.5. The minimum atomic E-state index is -2.81. The van der Waals surface area contributed by atoms with E-state index in [1.807, 2.05) is 29.0 Å². The van der Waals surface area contributed by atoms with Gasteiger partial charge in [0.25, 0.3) is 5.92 Å². The largest absolute Gasteiger partial charge is 0.348 e. The van der Waals surface area contributed by atoms with Crippen molar-refractivity contribution in [1.82, 2.24) is 20.2 Å². The van der Waals surface area contributed by atoms with E-state index in [-0.39, 0.29) is 31.4 Å². The summed E-state index contributed by atoms with van der Waals surface area (Å²) in [4.78, 5) is 16.2. The van der Waals surface area contributed by atoms with E-state index in [0.29, 0.717) is 5.82 Å². The molecular formula is C17H22Cl2F2N4O. The molecule has 2 heterocycles. The molecule has 1 saturated heterocycles. The van der Waals surface area contributed by atoms with Crippen LogP contribution in [-0.2, 0) is 24.3 Å². The lowest BCUT2D eigenvalue weighted by Crippen LogP contribution is -2.40. The minimum Gasteiger partial charge on any atom is -0.348 e. The Kier molecular flexibility index (Phi) is 8.46. The van der Waals surface area contributed by atoms with Gasteiger partial charge in [-0.15, -0.1) is 24.8 Å². The van der Waals surface area contributed by atoms with E-state index in [1.165, 1.54) is 5.56 Å². The lowest BCUT2D eigenvalue weighted by Gasteiger charge is -2.12. The van der Waals surface area contributed by atoms with Gasteiger partial charge in [-0.05, 0) is 12.0 Å². The van der Waals surface area contributed by atoms with Crippen LogP contribution < -0.4 is 10.6 Å². The van der Waals surface area contributed by atoms with Gasteiger partial charge >= 0.3 is 0 Å². The maximum atomic E-state index is 13.1. The average molecular weight is 407 g/mol. The number of carbonyl (C=O) groups is 1. The molecule has 1 atom stereocenters. The van der Waals surface area contributed by atoms with Crippen molar-refractivity contribution in [3.8, 4) is 0 Å². The Hall–Kier alpha value is -1.70. The molecule has 0 bridgehead atoms. The summed E-state index contributed by atoms with van der Waals surface area (Å²) in [5.41, 5.74) is 1.22. The topological polar surface area (TPSA) is 59.0 Å². The Morgan fingerprint density at radius 1 is 1.31 bits per heavy atom. The van der Waals surface area contributed by atoms with Crippen molar-refractivity contribution in [1.29, 1.82) is 0 Å². The summed E-state index contributed by atoms with van der Waals surface area (Å²) in [5.74, 6) is -2.51. The number of benzene rings is 1. The number of carbonyl (C=O) groups excluding carboxylic acids is 1. The number of aryl methyl sites for hydroxylation is 2. The zero-order chi connectivity index (χ0) is 17.0. The number of hydrogen-bond donors (Lipinski definition) is 2. The highest BCUT2D eigenvalue weighted by atomic mass is 35.5. The summed E-state index contributed by atoms with van der Waals surface area (Å²) in [7, 11) is 0. The SMILES string of the molecule is Cl.Cl.O=C(NCc1nccn1CCc1ccccc1)C1CC(F)(F)CN1. The fourth-order valence-corrected chi connectivity index (χ4v) is 2.80. The quantitative estimate of drug-likeness (QED) is 0.774. The van der Waals surface area contributed by atoms with Gasteiger partial charge in [-0.2, -0.15) is 0 Å². The van der Waals surface area contributed by atoms with Gasteiger partial charge in [0.1, 0.15) is 5.82 Å². The van der Waals surface area contributed by atoms with E-state index in [9.17, 15) is 13.6 Å². The molecule has 1 aliphatic heterocycles. The molecule has 0 radical (unpaired) electrons. The number of nitrogens with zero attached hydrogens (tertiary/aromatic N) is 2. The molecule has 1 aliphatic rings. The van der Waals surface area contributed by atoms with Gasteiger partial charge in [0.2, 0.25) is 5.91 Å². The first kappa shape index (κ1) is 22.3. The lowest BCUT2D eigenvalue weighted by atomic mass is 10.1. The monoisotopic (exact) mass is 406 g/mol. The summed E-state index contributed by atoms with van der Waals surface area (Å²) < 4.78 is 28.2. The Morgan fingerprint density at radius 3 is 2.69 bits per heavy atom. The second kappa shape index (κ2) is 9.85. The molecule has 3 rings (SSSR count). The number of alkyl halides is 2. The van der Waals surface area contributed by atoms with E-state index in [1.54, 1.807) is 6.20 Å². The Bertz CT molecular complexity index is 697. The van der Waals surface area contributed by atoms with Crippen LogP contribution in [-0.4, -0.2) is 34.0 Å². The number of halogens is 4. The first-order valence-corrected chi connectivity index (χ1v) is 7.96. The van der Waals surface area contributed by atoms with Crippen LogP contribution in [0.4, 0.5) is 8.78 Å². The van der Waals surface area contributed by atoms with E-state index in [2.05, 4.69) is 27.8 Å². The molecule has 26 heavy (non-hydrogen) atoms. The highest BCUT2D eigenvalue weighted by Crippen LogP contribution is 2.25. The summed E-state index contributed by atoms with van der Waals surface area (Å²) in [5, 5.41) is 5.23. The predicted octanol–water partition coefficient (Wildman–Crippen LogP) is 2.58. The van der Waals surface area contributed by atoms with Gasteiger partial charge in [0.05, 0.1) is 19.1 Å². The van der Waals surface area contributed by atoms with Crippen LogP contribution in [0.2, 0.25) is 0 Å². The van der Waals surface area contributed by atoms with Crippen LogP contribution in [0.1, 0.15) is 17.8 Å². The molecule has 2 aromatic rings. The van der Waals surface area contributed by atoms with E-state index in [4.69, 9.17) is 0 Å². The van der Waals surface area contributed by atoms with Crippen molar-refractivity contribution in [2.24, 2.45) is 0 Å². The standard InChI is InChI=1S/C17H20F2N4O.2ClH/c18-17(19)10-14(22-12-17)16(24)21-11-15-20-7-9-23(15)8-6-13-4-2-1-3-5-13;;/h1-5,7,9,14,22H,6,8,10-12H2,(H,21,24);2*1H. The fraction of sp³-hybridized carbons (Fsp3) is 0.412. The average Bonchev–Trinajstić information content (AvgIpc) is 3.17. The van der Waals surface area contributed by atoms with Crippen molar-refractivity contribution >= 4 is 30.7 Å². The number of imidazole rings is 1. The Balaban J connectivity index is 0.00000169. The number of aromatic nitrogens is 2. The highest BCUT2D eigenvalue weighted by molar-refractivity contribution is 5.85. The number of nitrogens with one attached hydrogen (secondary N) is 2. The van der Waals surface area contributed by atoms with Gasteiger partial charge in [-0.3, -0.25) is 10.1 Å². The van der Waals surface area contributed by atoms with Gasteiger partial charge in [0, 0.05) is 25.4 Å². The molecule has 9 heteroatoms. The Morgan fingerprint density at radius 2 is 2.04 bits per heavy atom. The molecular weight excluding hydrogens is 385 g/mol. The van der Waals surface area contributed by atoms with Gasteiger partial charge in [-0.25, -0.2) is 13.8 Å². The molecule has 1 aromatic carbocycles. The zero-order valence-electron chi connectivity index (χ0n) is 14.0. The van der Waals surface area contributed by atoms with Crippen LogP contribution in [0.3, 0.4) is 0 Å². The fourth-order valence-electron chi connectivity index (χ4n) is 2.80. The smallest absolute Gasteiger partial charge is 0.262 e. The third-order valence-corrected chi connectivity index (χ3v) is 4.13. The van der Waals surface area contributed by atoms with Crippen LogP contribution in [0, 0.1) is 0 Å². The number of amides is 1. The normalized spacial score (nSPS) is 17.8. The van der Waals surface area contributed by atoms with E-state index < -0.39 is 30.8 Å². The molecule has 1 unspecified atom stereocenters. The highest BCUT2D eigenvalue weighted by Gasteiger charge is 2.42. The Labute approximate surface area is 163 Å². The summed E-state index contributed by atoms with van der Waals surface area (Å²) in [6, 6.07) is 9.24. The molecule has 1 aromatic heterocycles. The molecule has 1 fully saturated rings. The first-order valence-electron chi connectivity index (χ1n) is 7.96. The second-order valence-electron chi connectivity index (χ2n) is 5.98. The van der Waals surface area contributed by atoms with Crippen molar-refractivity contribution in [3.05, 3.63) is 54.1 Å². The van der Waals surface area contributed by atoms with Gasteiger partial charge < -0.3 is 9.88 Å². The van der Waals surface area contributed by atoms with E-state index in [0.717, 1.165) is 13.0 Å². The van der Waals surface area contributed by atoms with Crippen LogP contribution >= 0.6 is 24.8 Å². The molecule has 0 aliphatic carbocycles. The lowest BCUT2D eigenvalue weighted by molar-refractivity contribution is -0.123. The molecule has 1 amide bonds. The summed E-state index contributed by atoms with van der Waals surface area (Å²) in [6.07, 6.45) is 3.93. The maximum Gasteiger partial charge on any atom is 0.262 e. The predicted molar refractivity (Wildman–Crippen MR) is 100 cm³/mol. The van der Waals surface area contributed by atoms with Crippen LogP contribution in [0.15, 0.2) is 42.7 Å². The zero-order valence-corrected chi connectivity index (χ0v) is 15.7. The third-order valence-electron chi connectivity index (χ3n) is 4.13. The van der Waals surface area contributed by atoms with Gasteiger partial charge in [-0.1, -0.05) is 30.3 Å². The molecule has 144 valence electrons. The van der Waals surface area contributed by atoms with Crippen molar-refractivity contribution in [2.45, 2.75) is 37.9 Å². The molecule has 2 N–H and O–H groups in total. The van der Waals surface area contributed by atoms with Crippen molar-refractivity contribution in [2.75, 3.05) is 6.54 Å². The van der Waals surface area contributed by atoms with Crippen molar-refractivity contribution < 1.29 is 13.6 Å². The molecule has 5 nitrogen and oxygen atoms in total. The third kappa shape index (κ3) is 5.93. The maximum absolute atomic E-state index is 13.1. The number of rotatable bonds is 6. The molecule has 0 saturated carbocycles. The second-order valence-corrected chi connectivity index (χ2v) is 5.98.